The molecule has 4 rings (SSSR count). The lowest BCUT2D eigenvalue weighted by Crippen LogP contribution is -2.41. The molecule has 0 bridgehead atoms. The minimum absolute atomic E-state index is 0.781. The molecule has 1 N–H and O–H groups in total. The van der Waals surface area contributed by atoms with Gasteiger partial charge in [0.2, 0.25) is 0 Å². The van der Waals surface area contributed by atoms with Crippen LogP contribution in [0.4, 0.5) is 0 Å². The fourth-order valence-electron chi connectivity index (χ4n) is 3.86. The van der Waals surface area contributed by atoms with Crippen molar-refractivity contribution in [2.75, 3.05) is 39.3 Å². The number of hydrogen-bond acceptors (Lipinski definition) is 3. The zero-order valence-electron chi connectivity index (χ0n) is 13.0. The van der Waals surface area contributed by atoms with Crippen molar-refractivity contribution in [3.8, 4) is 5.75 Å². The van der Waals surface area contributed by atoms with E-state index in [4.69, 9.17) is 4.74 Å². The first kappa shape index (κ1) is 14.0. The Morgan fingerprint density at radius 3 is 2.86 bits per heavy atom. The molecule has 0 aliphatic carbocycles. The number of hydrogen-bond donors (Lipinski definition) is 1. The first-order valence-electron chi connectivity index (χ1n) is 8.43. The summed E-state index contributed by atoms with van der Waals surface area (Å²) in [6.07, 6.45) is 1.34. The summed E-state index contributed by atoms with van der Waals surface area (Å²) in [7, 11) is 0. The van der Waals surface area contributed by atoms with E-state index in [0.717, 1.165) is 30.7 Å². The van der Waals surface area contributed by atoms with Crippen molar-refractivity contribution in [3.05, 3.63) is 42.5 Å². The van der Waals surface area contributed by atoms with Gasteiger partial charge in [0.25, 0.3) is 0 Å². The fraction of sp³-hybridized carbons (Fsp3) is 0.474. The van der Waals surface area contributed by atoms with Gasteiger partial charge in [-0.3, -0.25) is 4.90 Å². The van der Waals surface area contributed by atoms with E-state index in [9.17, 15) is 0 Å². The molecule has 2 atom stereocenters. The van der Waals surface area contributed by atoms with Gasteiger partial charge in [-0.1, -0.05) is 30.3 Å². The number of fused-ring (bicyclic) bond motifs is 2. The third-order valence-electron chi connectivity index (χ3n) is 5.19. The van der Waals surface area contributed by atoms with E-state index >= 15 is 0 Å². The van der Waals surface area contributed by atoms with Crippen LogP contribution in [-0.4, -0.2) is 44.2 Å². The number of benzene rings is 2. The summed E-state index contributed by atoms with van der Waals surface area (Å²) in [5, 5.41) is 6.04. The Kier molecular flexibility index (Phi) is 4.00. The molecule has 0 spiro atoms. The molecule has 2 heterocycles. The molecule has 0 saturated carbocycles. The highest BCUT2D eigenvalue weighted by molar-refractivity contribution is 5.83. The van der Waals surface area contributed by atoms with E-state index in [2.05, 4.69) is 52.7 Å². The molecule has 2 aliphatic heterocycles. The number of likely N-dealkylation sites (tertiary alicyclic amines) is 1. The first-order chi connectivity index (χ1) is 10.9. The summed E-state index contributed by atoms with van der Waals surface area (Å²) in [5.74, 6) is 2.75. The molecule has 116 valence electrons. The van der Waals surface area contributed by atoms with Crippen molar-refractivity contribution in [2.24, 2.45) is 11.8 Å². The second-order valence-corrected chi connectivity index (χ2v) is 6.63. The van der Waals surface area contributed by atoms with Gasteiger partial charge < -0.3 is 10.1 Å². The van der Waals surface area contributed by atoms with E-state index in [1.54, 1.807) is 0 Å². The van der Waals surface area contributed by atoms with Gasteiger partial charge in [-0.2, -0.15) is 0 Å². The monoisotopic (exact) mass is 296 g/mol. The maximum Gasteiger partial charge on any atom is 0.120 e. The molecule has 2 aliphatic rings. The summed E-state index contributed by atoms with van der Waals surface area (Å²) in [6, 6.07) is 14.8. The Labute approximate surface area is 132 Å². The van der Waals surface area contributed by atoms with E-state index in [1.165, 1.54) is 43.4 Å². The molecule has 2 saturated heterocycles. The van der Waals surface area contributed by atoms with Gasteiger partial charge in [0.1, 0.15) is 12.4 Å². The molecular weight excluding hydrogens is 272 g/mol. The topological polar surface area (TPSA) is 24.5 Å². The second kappa shape index (κ2) is 6.27. The van der Waals surface area contributed by atoms with Gasteiger partial charge >= 0.3 is 0 Å². The van der Waals surface area contributed by atoms with Gasteiger partial charge in [-0.05, 0) is 60.8 Å². The molecule has 0 radical (unpaired) electrons. The SMILES string of the molecule is c1ccc2cc(OCCN3CCC4CNCC4C3)ccc2c1. The molecular formula is C19H24N2O. The predicted octanol–water partition coefficient (Wildman–Crippen LogP) is 2.76. The van der Waals surface area contributed by atoms with E-state index in [-0.39, 0.29) is 0 Å². The Bertz CT molecular complexity index is 642. The van der Waals surface area contributed by atoms with Crippen molar-refractivity contribution in [2.45, 2.75) is 6.42 Å². The predicted molar refractivity (Wildman–Crippen MR) is 90.3 cm³/mol. The Balaban J connectivity index is 1.30. The van der Waals surface area contributed by atoms with Gasteiger partial charge in [-0.15, -0.1) is 0 Å². The van der Waals surface area contributed by atoms with Crippen LogP contribution in [0.15, 0.2) is 42.5 Å². The highest BCUT2D eigenvalue weighted by Crippen LogP contribution is 2.26. The van der Waals surface area contributed by atoms with Crippen LogP contribution in [0, 0.1) is 11.8 Å². The summed E-state index contributed by atoms with van der Waals surface area (Å²) >= 11 is 0. The molecule has 2 aromatic rings. The zero-order valence-corrected chi connectivity index (χ0v) is 13.0. The molecule has 0 aromatic heterocycles. The summed E-state index contributed by atoms with van der Waals surface area (Å²) in [6.45, 7) is 6.71. The van der Waals surface area contributed by atoms with E-state index < -0.39 is 0 Å². The van der Waals surface area contributed by atoms with Crippen LogP contribution in [-0.2, 0) is 0 Å². The molecule has 2 unspecified atom stereocenters. The van der Waals surface area contributed by atoms with Crippen molar-refractivity contribution >= 4 is 10.8 Å². The van der Waals surface area contributed by atoms with Crippen molar-refractivity contribution in [3.63, 3.8) is 0 Å². The molecule has 3 nitrogen and oxygen atoms in total. The Morgan fingerprint density at radius 2 is 1.91 bits per heavy atom. The van der Waals surface area contributed by atoms with Gasteiger partial charge in [0.05, 0.1) is 0 Å². The maximum atomic E-state index is 5.97. The highest BCUT2D eigenvalue weighted by Gasteiger charge is 2.32. The number of rotatable bonds is 4. The second-order valence-electron chi connectivity index (χ2n) is 6.63. The normalized spacial score (nSPS) is 25.3. The van der Waals surface area contributed by atoms with E-state index in [1.807, 2.05) is 0 Å². The third kappa shape index (κ3) is 2.96. The third-order valence-corrected chi connectivity index (χ3v) is 5.19. The zero-order chi connectivity index (χ0) is 14.8. The number of ether oxygens (including phenoxy) is 1. The quantitative estimate of drug-likeness (QED) is 0.939. The fourth-order valence-corrected chi connectivity index (χ4v) is 3.86. The molecule has 0 amide bonds. The summed E-state index contributed by atoms with van der Waals surface area (Å²) < 4.78 is 5.97. The van der Waals surface area contributed by atoms with Crippen molar-refractivity contribution < 1.29 is 4.74 Å². The van der Waals surface area contributed by atoms with Gasteiger partial charge in [0, 0.05) is 13.1 Å². The number of nitrogens with zero attached hydrogens (tertiary/aromatic N) is 1. The van der Waals surface area contributed by atoms with Crippen LogP contribution in [0.3, 0.4) is 0 Å². The van der Waals surface area contributed by atoms with Crippen molar-refractivity contribution in [1.82, 2.24) is 10.2 Å². The van der Waals surface area contributed by atoms with Gasteiger partial charge in [-0.25, -0.2) is 0 Å². The highest BCUT2D eigenvalue weighted by atomic mass is 16.5. The van der Waals surface area contributed by atoms with Crippen LogP contribution >= 0.6 is 0 Å². The number of piperidine rings is 1. The Hall–Kier alpha value is -1.58. The lowest BCUT2D eigenvalue weighted by atomic mass is 9.89. The van der Waals surface area contributed by atoms with E-state index in [0.29, 0.717) is 0 Å². The maximum absolute atomic E-state index is 5.97. The first-order valence-corrected chi connectivity index (χ1v) is 8.43. The molecule has 3 heteroatoms. The smallest absolute Gasteiger partial charge is 0.120 e. The largest absolute Gasteiger partial charge is 0.492 e. The standard InChI is InChI=1S/C19H24N2O/c1-2-4-16-11-19(6-5-15(16)3-1)22-10-9-21-8-7-17-12-20-13-18(17)14-21/h1-6,11,17-18,20H,7-10,12-14H2. The van der Waals surface area contributed by atoms with Crippen LogP contribution in [0.1, 0.15) is 6.42 Å². The summed E-state index contributed by atoms with van der Waals surface area (Å²) in [4.78, 5) is 2.56. The van der Waals surface area contributed by atoms with Crippen LogP contribution in [0.25, 0.3) is 10.8 Å². The van der Waals surface area contributed by atoms with Crippen LogP contribution in [0.2, 0.25) is 0 Å². The van der Waals surface area contributed by atoms with Crippen molar-refractivity contribution in [1.29, 1.82) is 0 Å². The number of nitrogens with one attached hydrogen (secondary N) is 1. The van der Waals surface area contributed by atoms with Crippen LogP contribution in [0.5, 0.6) is 5.75 Å². The minimum Gasteiger partial charge on any atom is -0.492 e. The molecule has 22 heavy (non-hydrogen) atoms. The average molecular weight is 296 g/mol. The summed E-state index contributed by atoms with van der Waals surface area (Å²) in [5.41, 5.74) is 0. The molecule has 2 aromatic carbocycles. The van der Waals surface area contributed by atoms with Gasteiger partial charge in [0.15, 0.2) is 0 Å². The lowest BCUT2D eigenvalue weighted by molar-refractivity contribution is 0.127. The lowest BCUT2D eigenvalue weighted by Gasteiger charge is -2.34. The minimum atomic E-state index is 0.781. The Morgan fingerprint density at radius 1 is 1.05 bits per heavy atom. The molecule has 2 fully saturated rings. The average Bonchev–Trinajstić information content (AvgIpc) is 3.02. The van der Waals surface area contributed by atoms with Crippen LogP contribution < -0.4 is 10.1 Å².